The van der Waals surface area contributed by atoms with Crippen LogP contribution in [0.4, 0.5) is 0 Å². The molecule has 4 nitrogen and oxygen atoms in total. The van der Waals surface area contributed by atoms with Crippen molar-refractivity contribution in [3.63, 3.8) is 0 Å². The maximum absolute atomic E-state index is 11.7. The highest BCUT2D eigenvalue weighted by Crippen LogP contribution is 2.30. The fourth-order valence-corrected chi connectivity index (χ4v) is 3.01. The molecule has 0 bridgehead atoms. The summed E-state index contributed by atoms with van der Waals surface area (Å²) in [7, 11) is 0. The first-order valence-corrected chi connectivity index (χ1v) is 6.86. The molecule has 4 heteroatoms. The van der Waals surface area contributed by atoms with Gasteiger partial charge in [0.15, 0.2) is 5.78 Å². The van der Waals surface area contributed by atoms with E-state index in [1.165, 1.54) is 0 Å². The van der Waals surface area contributed by atoms with E-state index in [4.69, 9.17) is 0 Å². The van der Waals surface area contributed by atoms with Crippen LogP contribution in [0.2, 0.25) is 0 Å². The van der Waals surface area contributed by atoms with E-state index in [0.717, 1.165) is 25.7 Å². The van der Waals surface area contributed by atoms with E-state index >= 15 is 0 Å². The van der Waals surface area contributed by atoms with Gasteiger partial charge in [-0.05, 0) is 38.5 Å². The van der Waals surface area contributed by atoms with Crippen LogP contribution in [0.1, 0.15) is 45.4 Å². The highest BCUT2D eigenvalue weighted by atomic mass is 16.2. The van der Waals surface area contributed by atoms with Crippen molar-refractivity contribution >= 4 is 17.5 Å². The number of nitrogens with zero attached hydrogens (tertiary/aromatic N) is 1. The number of piperidine rings is 1. The molecule has 1 saturated heterocycles. The number of likely N-dealkylation sites (tertiary alicyclic amines) is 1. The van der Waals surface area contributed by atoms with Gasteiger partial charge in [-0.15, -0.1) is 0 Å². The van der Waals surface area contributed by atoms with E-state index in [1.807, 2.05) is 0 Å². The minimum atomic E-state index is 0.114. The first-order valence-electron chi connectivity index (χ1n) is 6.86. The van der Waals surface area contributed by atoms with E-state index in [2.05, 4.69) is 0 Å². The number of amides is 1. The molecular weight excluding hydrogens is 230 g/mol. The number of Topliss-reactive ketones (excluding diaryl/α,β-unsaturated/α-hetero) is 2. The highest BCUT2D eigenvalue weighted by molar-refractivity contribution is 5.92. The molecule has 2 fully saturated rings. The summed E-state index contributed by atoms with van der Waals surface area (Å²) in [5.41, 5.74) is 0. The fourth-order valence-electron chi connectivity index (χ4n) is 3.01. The number of carbonyl (C=O) groups is 3. The first kappa shape index (κ1) is 13.2. The van der Waals surface area contributed by atoms with Crippen LogP contribution in [0.5, 0.6) is 0 Å². The van der Waals surface area contributed by atoms with Gasteiger partial charge >= 0.3 is 0 Å². The molecule has 0 unspecified atom stereocenters. The lowest BCUT2D eigenvalue weighted by Crippen LogP contribution is -2.43. The van der Waals surface area contributed by atoms with E-state index < -0.39 is 0 Å². The summed E-state index contributed by atoms with van der Waals surface area (Å²) in [6.07, 6.45) is 4.67. The van der Waals surface area contributed by atoms with Crippen LogP contribution < -0.4 is 0 Å². The van der Waals surface area contributed by atoms with Gasteiger partial charge in [0.2, 0.25) is 5.91 Å². The third-order valence-electron chi connectivity index (χ3n) is 4.24. The molecule has 0 aromatic carbocycles. The Morgan fingerprint density at radius 2 is 1.83 bits per heavy atom. The molecule has 18 heavy (non-hydrogen) atoms. The topological polar surface area (TPSA) is 54.5 Å². The van der Waals surface area contributed by atoms with Crippen LogP contribution in [-0.2, 0) is 14.4 Å². The molecular formula is C14H21NO3. The number of rotatable bonds is 3. The monoisotopic (exact) mass is 251 g/mol. The van der Waals surface area contributed by atoms with Gasteiger partial charge in [0.25, 0.3) is 0 Å². The van der Waals surface area contributed by atoms with Gasteiger partial charge in [-0.3, -0.25) is 14.4 Å². The second kappa shape index (κ2) is 5.63. The van der Waals surface area contributed by atoms with Gasteiger partial charge in [0.1, 0.15) is 5.78 Å². The van der Waals surface area contributed by atoms with Crippen LogP contribution in [0.25, 0.3) is 0 Å². The van der Waals surface area contributed by atoms with Crippen molar-refractivity contribution in [2.45, 2.75) is 45.4 Å². The quantitative estimate of drug-likeness (QED) is 0.765. The third-order valence-corrected chi connectivity index (χ3v) is 4.24. The molecule has 0 atom stereocenters. The molecule has 0 N–H and O–H groups in total. The van der Waals surface area contributed by atoms with Gasteiger partial charge in [0.05, 0.1) is 6.54 Å². The highest BCUT2D eigenvalue weighted by Gasteiger charge is 2.29. The third kappa shape index (κ3) is 3.18. The molecule has 0 aromatic rings. The Morgan fingerprint density at radius 1 is 1.17 bits per heavy atom. The number of hydrogen-bond acceptors (Lipinski definition) is 3. The van der Waals surface area contributed by atoms with Crippen molar-refractivity contribution in [3.8, 4) is 0 Å². The summed E-state index contributed by atoms with van der Waals surface area (Å²) in [5, 5.41) is 0. The number of ketones is 2. The van der Waals surface area contributed by atoms with Crippen molar-refractivity contribution in [1.82, 2.24) is 4.90 Å². The molecule has 1 heterocycles. The first-order chi connectivity index (χ1) is 8.56. The van der Waals surface area contributed by atoms with Gasteiger partial charge < -0.3 is 4.90 Å². The average Bonchev–Trinajstić information content (AvgIpc) is 2.34. The summed E-state index contributed by atoms with van der Waals surface area (Å²) < 4.78 is 0. The van der Waals surface area contributed by atoms with Crippen molar-refractivity contribution < 1.29 is 14.4 Å². The number of hydrogen-bond donors (Lipinski definition) is 0. The van der Waals surface area contributed by atoms with E-state index in [1.54, 1.807) is 11.8 Å². The van der Waals surface area contributed by atoms with Crippen LogP contribution in [0.15, 0.2) is 0 Å². The summed E-state index contributed by atoms with van der Waals surface area (Å²) in [5.74, 6) is 1.27. The fraction of sp³-hybridized carbons (Fsp3) is 0.786. The van der Waals surface area contributed by atoms with Crippen molar-refractivity contribution in [3.05, 3.63) is 0 Å². The van der Waals surface area contributed by atoms with Crippen LogP contribution >= 0.6 is 0 Å². The molecule has 2 rings (SSSR count). The largest absolute Gasteiger partial charge is 0.335 e. The summed E-state index contributed by atoms with van der Waals surface area (Å²) in [4.78, 5) is 36.1. The van der Waals surface area contributed by atoms with Gasteiger partial charge in [-0.25, -0.2) is 0 Å². The van der Waals surface area contributed by atoms with E-state index in [-0.39, 0.29) is 23.4 Å². The lowest BCUT2D eigenvalue weighted by atomic mass is 9.80. The second-order valence-corrected chi connectivity index (χ2v) is 5.64. The lowest BCUT2D eigenvalue weighted by Gasteiger charge is -2.33. The Balaban J connectivity index is 1.82. The summed E-state index contributed by atoms with van der Waals surface area (Å²) >= 11 is 0. The lowest BCUT2D eigenvalue weighted by molar-refractivity contribution is -0.141. The smallest absolute Gasteiger partial charge is 0.223 e. The van der Waals surface area contributed by atoms with E-state index in [0.29, 0.717) is 31.8 Å². The Bertz CT molecular complexity index is 356. The zero-order valence-electron chi connectivity index (χ0n) is 11.0. The van der Waals surface area contributed by atoms with E-state index in [9.17, 15) is 14.4 Å². The summed E-state index contributed by atoms with van der Waals surface area (Å²) in [6, 6.07) is 0. The molecule has 2 aliphatic rings. The maximum atomic E-state index is 11.7. The van der Waals surface area contributed by atoms with Crippen LogP contribution in [0.3, 0.4) is 0 Å². The normalized spacial score (nSPS) is 29.5. The predicted molar refractivity (Wildman–Crippen MR) is 67.0 cm³/mol. The number of carbonyl (C=O) groups excluding carboxylic acids is 3. The van der Waals surface area contributed by atoms with Gasteiger partial charge in [0, 0.05) is 25.3 Å². The Kier molecular flexibility index (Phi) is 4.15. The maximum Gasteiger partial charge on any atom is 0.223 e. The minimum absolute atomic E-state index is 0.114. The Hall–Kier alpha value is -1.19. The van der Waals surface area contributed by atoms with Gasteiger partial charge in [-0.2, -0.15) is 0 Å². The molecule has 0 spiro atoms. The van der Waals surface area contributed by atoms with Crippen molar-refractivity contribution in [1.29, 1.82) is 0 Å². The standard InChI is InChI=1S/C14H21NO3/c1-10(16)12-4-2-11(3-5-12)8-15-9-13(17)6-7-14(15)18/h11-12H,2-9H2,1H3. The molecule has 1 amide bonds. The van der Waals surface area contributed by atoms with Crippen LogP contribution in [0, 0.1) is 11.8 Å². The van der Waals surface area contributed by atoms with Gasteiger partial charge in [-0.1, -0.05) is 0 Å². The zero-order valence-corrected chi connectivity index (χ0v) is 11.0. The molecule has 1 aliphatic heterocycles. The predicted octanol–water partition coefficient (Wildman–Crippen LogP) is 1.57. The molecule has 1 saturated carbocycles. The molecule has 100 valence electrons. The zero-order chi connectivity index (χ0) is 13.1. The summed E-state index contributed by atoms with van der Waals surface area (Å²) in [6.45, 7) is 2.67. The molecule has 1 aliphatic carbocycles. The van der Waals surface area contributed by atoms with Crippen molar-refractivity contribution in [2.24, 2.45) is 11.8 Å². The second-order valence-electron chi connectivity index (χ2n) is 5.64. The van der Waals surface area contributed by atoms with Crippen molar-refractivity contribution in [2.75, 3.05) is 13.1 Å². The molecule has 0 radical (unpaired) electrons. The SMILES string of the molecule is CC(=O)C1CCC(CN2CC(=O)CCC2=O)CC1. The molecule has 0 aromatic heterocycles. The Labute approximate surface area is 108 Å². The minimum Gasteiger partial charge on any atom is -0.335 e. The van der Waals surface area contributed by atoms with Crippen LogP contribution in [-0.4, -0.2) is 35.5 Å². The Morgan fingerprint density at radius 3 is 2.44 bits per heavy atom. The average molecular weight is 251 g/mol.